The molecule has 8 heteroatoms. The van der Waals surface area contributed by atoms with Crippen molar-refractivity contribution in [1.82, 2.24) is 9.97 Å². The van der Waals surface area contributed by atoms with Crippen LogP contribution < -0.4 is 5.32 Å². The molecule has 0 fully saturated rings. The molecule has 32 heavy (non-hydrogen) atoms. The molecule has 0 bridgehead atoms. The van der Waals surface area contributed by atoms with Gasteiger partial charge in [0.05, 0.1) is 30.0 Å². The molecule has 6 nitrogen and oxygen atoms in total. The van der Waals surface area contributed by atoms with Crippen LogP contribution in [-0.2, 0) is 9.16 Å². The quantitative estimate of drug-likeness (QED) is 0.228. The van der Waals surface area contributed by atoms with Crippen LogP contribution in [0.3, 0.4) is 0 Å². The van der Waals surface area contributed by atoms with E-state index >= 15 is 0 Å². The zero-order valence-electron chi connectivity index (χ0n) is 20.8. The lowest BCUT2D eigenvalue weighted by Gasteiger charge is -2.41. The largest absolute Gasteiger partial charge is 0.462 e. The molecule has 1 atom stereocenters. The number of esters is 1. The van der Waals surface area contributed by atoms with Gasteiger partial charge in [0, 0.05) is 6.20 Å². The Balaban J connectivity index is 2.55. The number of pyridine rings is 2. The first-order chi connectivity index (χ1) is 14.8. The average molecular weight is 480 g/mol. The van der Waals surface area contributed by atoms with Crippen LogP contribution in [0.2, 0.25) is 23.3 Å². The third-order valence-electron chi connectivity index (χ3n) is 6.24. The number of carbonyl (C=O) groups is 1. The number of nitrogens with zero attached hydrogens (tertiary/aromatic N) is 2. The molecular formula is C24H38ClN3O3Si. The van der Waals surface area contributed by atoms with Crippen molar-refractivity contribution in [1.29, 1.82) is 0 Å². The summed E-state index contributed by atoms with van der Waals surface area (Å²) in [5, 5.41) is 3.82. The summed E-state index contributed by atoms with van der Waals surface area (Å²) in [5.41, 5.74) is 1.56. The Labute approximate surface area is 198 Å². The second kappa shape index (κ2) is 10.5. The number of fused-ring (bicyclic) bond motifs is 1. The van der Waals surface area contributed by atoms with Gasteiger partial charge in [-0.05, 0) is 50.5 Å². The van der Waals surface area contributed by atoms with Crippen molar-refractivity contribution in [3.8, 4) is 0 Å². The van der Waals surface area contributed by atoms with Gasteiger partial charge in [0.15, 0.2) is 8.32 Å². The maximum Gasteiger partial charge on any atom is 0.343 e. The molecule has 0 saturated heterocycles. The predicted molar refractivity (Wildman–Crippen MR) is 135 cm³/mol. The summed E-state index contributed by atoms with van der Waals surface area (Å²) in [6.07, 6.45) is 4.63. The standard InChI is InChI=1S/C24H38ClN3O3Si/c1-9-11-14-24(6,16-31-32(7,8)23(3,4)5)28-20-18(22(29)30-10-2)21(25)27-17-13-12-15-26-19(17)20/h12-13,15H,9-11,14,16H2,1-8H3,(H,27,28)/t24-/m1/s1. The Bertz CT molecular complexity index is 946. The van der Waals surface area contributed by atoms with E-state index in [4.69, 9.17) is 20.8 Å². The zero-order valence-corrected chi connectivity index (χ0v) is 22.5. The molecule has 0 aliphatic rings. The SMILES string of the molecule is CCCC[C@](C)(CO[Si](C)(C)C(C)(C)C)Nc1c(C(=O)OCC)c(Cl)nc2cccnc12. The first-order valence-corrected chi connectivity index (χ1v) is 14.7. The van der Waals surface area contributed by atoms with Crippen LogP contribution in [0.5, 0.6) is 0 Å². The number of hydrogen-bond donors (Lipinski definition) is 1. The highest BCUT2D eigenvalue weighted by atomic mass is 35.5. The molecule has 178 valence electrons. The summed E-state index contributed by atoms with van der Waals surface area (Å²) >= 11 is 6.48. The highest BCUT2D eigenvalue weighted by molar-refractivity contribution is 6.74. The van der Waals surface area contributed by atoms with E-state index in [1.807, 2.05) is 6.07 Å². The van der Waals surface area contributed by atoms with Crippen LogP contribution >= 0.6 is 11.6 Å². The van der Waals surface area contributed by atoms with E-state index in [2.05, 4.69) is 63.0 Å². The Morgan fingerprint density at radius 2 is 1.91 bits per heavy atom. The molecule has 0 aromatic carbocycles. The van der Waals surface area contributed by atoms with E-state index < -0.39 is 19.8 Å². The highest BCUT2D eigenvalue weighted by Gasteiger charge is 2.39. The summed E-state index contributed by atoms with van der Waals surface area (Å²) in [6.45, 7) is 18.0. The van der Waals surface area contributed by atoms with Gasteiger partial charge in [-0.1, -0.05) is 52.1 Å². The Morgan fingerprint density at radius 1 is 1.22 bits per heavy atom. The number of nitrogens with one attached hydrogen (secondary N) is 1. The minimum absolute atomic E-state index is 0.100. The maximum absolute atomic E-state index is 12.8. The third kappa shape index (κ3) is 6.20. The minimum Gasteiger partial charge on any atom is -0.462 e. The van der Waals surface area contributed by atoms with Gasteiger partial charge in [-0.3, -0.25) is 4.98 Å². The lowest BCUT2D eigenvalue weighted by Crippen LogP contribution is -2.48. The molecule has 2 heterocycles. The molecule has 0 unspecified atom stereocenters. The van der Waals surface area contributed by atoms with Gasteiger partial charge in [-0.2, -0.15) is 0 Å². The lowest BCUT2D eigenvalue weighted by molar-refractivity contribution is 0.0527. The van der Waals surface area contributed by atoms with Gasteiger partial charge < -0.3 is 14.5 Å². The number of rotatable bonds is 10. The average Bonchev–Trinajstić information content (AvgIpc) is 2.70. The molecule has 0 aliphatic heterocycles. The summed E-state index contributed by atoms with van der Waals surface area (Å²) in [6, 6.07) is 3.64. The van der Waals surface area contributed by atoms with E-state index in [0.717, 1.165) is 19.3 Å². The van der Waals surface area contributed by atoms with Crippen molar-refractivity contribution >= 4 is 42.6 Å². The number of ether oxygens (including phenoxy) is 1. The molecular weight excluding hydrogens is 442 g/mol. The second-order valence-electron chi connectivity index (χ2n) is 10.1. The van der Waals surface area contributed by atoms with Crippen LogP contribution in [0.4, 0.5) is 5.69 Å². The molecule has 0 amide bonds. The fraction of sp³-hybridized carbons (Fsp3) is 0.625. The van der Waals surface area contributed by atoms with E-state index in [1.165, 1.54) is 0 Å². The second-order valence-corrected chi connectivity index (χ2v) is 15.2. The van der Waals surface area contributed by atoms with Gasteiger partial charge in [-0.15, -0.1) is 0 Å². The fourth-order valence-corrected chi connectivity index (χ4v) is 4.54. The topological polar surface area (TPSA) is 73.3 Å². The number of aromatic nitrogens is 2. The number of anilines is 1. The Hall–Kier alpha value is -1.70. The number of hydrogen-bond acceptors (Lipinski definition) is 6. The summed E-state index contributed by atoms with van der Waals surface area (Å²) < 4.78 is 11.9. The van der Waals surface area contributed by atoms with Crippen LogP contribution in [0.15, 0.2) is 18.3 Å². The van der Waals surface area contributed by atoms with Gasteiger partial charge in [-0.25, -0.2) is 9.78 Å². The highest BCUT2D eigenvalue weighted by Crippen LogP contribution is 2.39. The van der Waals surface area contributed by atoms with Crippen molar-refractivity contribution in [2.45, 2.75) is 84.5 Å². The molecule has 0 saturated carbocycles. The normalized spacial score (nSPS) is 14.3. The van der Waals surface area contributed by atoms with Gasteiger partial charge >= 0.3 is 5.97 Å². The van der Waals surface area contributed by atoms with Gasteiger partial charge in [0.25, 0.3) is 0 Å². The van der Waals surface area contributed by atoms with Crippen molar-refractivity contribution in [3.63, 3.8) is 0 Å². The van der Waals surface area contributed by atoms with E-state index in [-0.39, 0.29) is 22.4 Å². The lowest BCUT2D eigenvalue weighted by atomic mass is 9.94. The van der Waals surface area contributed by atoms with Crippen molar-refractivity contribution in [3.05, 3.63) is 29.0 Å². The van der Waals surface area contributed by atoms with Crippen LogP contribution in [0.25, 0.3) is 11.0 Å². The molecule has 2 rings (SSSR count). The number of halogens is 1. The minimum atomic E-state index is -1.97. The summed E-state index contributed by atoms with van der Waals surface area (Å²) in [5.74, 6) is -0.511. The first-order valence-electron chi connectivity index (χ1n) is 11.4. The number of unbranched alkanes of at least 4 members (excludes halogenated alkanes) is 1. The predicted octanol–water partition coefficient (Wildman–Crippen LogP) is 6.84. The summed E-state index contributed by atoms with van der Waals surface area (Å²) in [4.78, 5) is 21.7. The van der Waals surface area contributed by atoms with E-state index in [0.29, 0.717) is 23.3 Å². The van der Waals surface area contributed by atoms with Crippen molar-refractivity contribution in [2.24, 2.45) is 0 Å². The van der Waals surface area contributed by atoms with Crippen LogP contribution in [0.1, 0.15) is 71.2 Å². The van der Waals surface area contributed by atoms with Gasteiger partial charge in [0.2, 0.25) is 0 Å². The maximum atomic E-state index is 12.8. The van der Waals surface area contributed by atoms with E-state index in [9.17, 15) is 4.79 Å². The first kappa shape index (κ1) is 26.5. The van der Waals surface area contributed by atoms with Crippen LogP contribution in [0, 0.1) is 0 Å². The Morgan fingerprint density at radius 3 is 2.50 bits per heavy atom. The molecule has 0 radical (unpaired) electrons. The zero-order chi connectivity index (χ0) is 24.2. The monoisotopic (exact) mass is 479 g/mol. The van der Waals surface area contributed by atoms with Crippen LogP contribution in [-0.4, -0.2) is 43.0 Å². The number of carbonyl (C=O) groups excluding carboxylic acids is 1. The van der Waals surface area contributed by atoms with Crippen molar-refractivity contribution in [2.75, 3.05) is 18.5 Å². The van der Waals surface area contributed by atoms with Crippen molar-refractivity contribution < 1.29 is 14.0 Å². The molecule has 0 aliphatic carbocycles. The van der Waals surface area contributed by atoms with E-state index in [1.54, 1.807) is 19.2 Å². The smallest absolute Gasteiger partial charge is 0.343 e. The molecule has 2 aromatic rings. The fourth-order valence-electron chi connectivity index (χ4n) is 3.17. The molecule has 2 aromatic heterocycles. The summed E-state index contributed by atoms with van der Waals surface area (Å²) in [7, 11) is -1.97. The molecule has 1 N–H and O–H groups in total. The molecule has 0 spiro atoms. The third-order valence-corrected chi connectivity index (χ3v) is 11.0. The van der Waals surface area contributed by atoms with Gasteiger partial charge in [0.1, 0.15) is 16.2 Å². The Kier molecular flexibility index (Phi) is 8.70.